The van der Waals surface area contributed by atoms with Crippen molar-refractivity contribution < 1.29 is 9.53 Å². The number of carbonyl (C=O) groups excluding carboxylic acids is 1. The van der Waals surface area contributed by atoms with E-state index in [1.807, 2.05) is 36.4 Å². The number of aromatic nitrogens is 4. The van der Waals surface area contributed by atoms with E-state index in [0.29, 0.717) is 29.7 Å². The first-order chi connectivity index (χ1) is 15.6. The summed E-state index contributed by atoms with van der Waals surface area (Å²) in [7, 11) is 0. The number of benzene rings is 1. The van der Waals surface area contributed by atoms with Crippen LogP contribution in [0.2, 0.25) is 5.02 Å². The maximum atomic E-state index is 11.7. The Morgan fingerprint density at radius 3 is 2.72 bits per heavy atom. The van der Waals surface area contributed by atoms with Crippen LogP contribution in [0.25, 0.3) is 5.69 Å². The molecular weight excluding hydrogens is 426 g/mol. The molecule has 3 aromatic rings. The Kier molecular flexibility index (Phi) is 5.83. The van der Waals surface area contributed by atoms with Crippen LogP contribution in [0.15, 0.2) is 42.6 Å². The lowest BCUT2D eigenvalue weighted by Gasteiger charge is -2.28. The number of nitrogens with zero attached hydrogens (tertiary/aromatic N) is 4. The molecule has 1 aliphatic heterocycles. The van der Waals surface area contributed by atoms with Gasteiger partial charge in [0.15, 0.2) is 0 Å². The fourth-order valence-electron chi connectivity index (χ4n) is 4.90. The second-order valence-electron chi connectivity index (χ2n) is 8.65. The molecule has 1 amide bonds. The van der Waals surface area contributed by atoms with Crippen molar-refractivity contribution in [2.45, 2.75) is 63.5 Å². The summed E-state index contributed by atoms with van der Waals surface area (Å²) in [5, 5.41) is 12.9. The first-order valence-electron chi connectivity index (χ1n) is 11.1. The Labute approximate surface area is 192 Å². The smallest absolute Gasteiger partial charge is 0.217 e. The molecule has 2 aliphatic rings. The van der Waals surface area contributed by atoms with E-state index in [2.05, 4.69) is 25.1 Å². The van der Waals surface area contributed by atoms with Crippen molar-refractivity contribution in [1.82, 2.24) is 25.1 Å². The predicted molar refractivity (Wildman–Crippen MR) is 121 cm³/mol. The molecule has 1 atom stereocenters. The third-order valence-corrected chi connectivity index (χ3v) is 6.54. The average Bonchev–Trinajstić information content (AvgIpc) is 3.11. The van der Waals surface area contributed by atoms with E-state index in [0.717, 1.165) is 48.6 Å². The largest absolute Gasteiger partial charge is 0.474 e. The third-order valence-electron chi connectivity index (χ3n) is 6.30. The average molecular weight is 452 g/mol. The molecule has 166 valence electrons. The predicted octanol–water partition coefficient (Wildman–Crippen LogP) is 4.02. The quantitative estimate of drug-likeness (QED) is 0.647. The van der Waals surface area contributed by atoms with Crippen LogP contribution in [0.4, 0.5) is 0 Å². The highest BCUT2D eigenvalue weighted by Gasteiger charge is 2.32. The van der Waals surface area contributed by atoms with E-state index in [-0.39, 0.29) is 18.1 Å². The second kappa shape index (κ2) is 8.90. The maximum absolute atomic E-state index is 11.7. The fourth-order valence-corrected chi connectivity index (χ4v) is 5.09. The zero-order chi connectivity index (χ0) is 22.1. The third kappa shape index (κ3) is 4.35. The molecule has 0 bridgehead atoms. The van der Waals surface area contributed by atoms with E-state index in [9.17, 15) is 4.79 Å². The van der Waals surface area contributed by atoms with Crippen LogP contribution in [0.1, 0.15) is 55.7 Å². The van der Waals surface area contributed by atoms with Crippen LogP contribution in [0.5, 0.6) is 5.88 Å². The van der Waals surface area contributed by atoms with Gasteiger partial charge in [-0.15, -0.1) is 10.2 Å². The Hall–Kier alpha value is -2.93. The van der Waals surface area contributed by atoms with Gasteiger partial charge in [0.1, 0.15) is 17.8 Å². The van der Waals surface area contributed by atoms with Gasteiger partial charge in [-0.2, -0.15) is 0 Å². The lowest BCUT2D eigenvalue weighted by Crippen LogP contribution is -2.36. The molecule has 1 aromatic carbocycles. The summed E-state index contributed by atoms with van der Waals surface area (Å²) in [5.41, 5.74) is 2.16. The van der Waals surface area contributed by atoms with Gasteiger partial charge in [-0.1, -0.05) is 17.7 Å². The van der Waals surface area contributed by atoms with Gasteiger partial charge >= 0.3 is 0 Å². The maximum Gasteiger partial charge on any atom is 0.217 e. The number of ether oxygens (including phenoxy) is 1. The Morgan fingerprint density at radius 1 is 1.12 bits per heavy atom. The minimum absolute atomic E-state index is 0.0366. The molecule has 1 unspecified atom stereocenters. The number of amides is 1. The van der Waals surface area contributed by atoms with Crippen molar-refractivity contribution >= 4 is 17.5 Å². The van der Waals surface area contributed by atoms with Gasteiger partial charge in [0.05, 0.1) is 5.69 Å². The van der Waals surface area contributed by atoms with E-state index in [1.54, 1.807) is 13.1 Å². The summed E-state index contributed by atoms with van der Waals surface area (Å²) in [5.74, 6) is 2.82. The van der Waals surface area contributed by atoms with Gasteiger partial charge < -0.3 is 10.1 Å². The van der Waals surface area contributed by atoms with Gasteiger partial charge in [0.2, 0.25) is 11.8 Å². The van der Waals surface area contributed by atoms with Crippen LogP contribution < -0.4 is 10.1 Å². The molecule has 1 aliphatic carbocycles. The number of nitrogens with one attached hydrogen (secondary N) is 1. The summed E-state index contributed by atoms with van der Waals surface area (Å²) in [6.45, 7) is 1.55. The molecule has 0 spiro atoms. The van der Waals surface area contributed by atoms with Crippen LogP contribution >= 0.6 is 11.6 Å². The van der Waals surface area contributed by atoms with Crippen molar-refractivity contribution in [2.24, 2.45) is 0 Å². The van der Waals surface area contributed by atoms with Gasteiger partial charge in [0.25, 0.3) is 0 Å². The van der Waals surface area contributed by atoms with Crippen LogP contribution in [0.3, 0.4) is 0 Å². The summed E-state index contributed by atoms with van der Waals surface area (Å²) in [6, 6.07) is 11.6. The van der Waals surface area contributed by atoms with E-state index in [1.165, 1.54) is 0 Å². The van der Waals surface area contributed by atoms with Crippen molar-refractivity contribution in [3.8, 4) is 11.6 Å². The molecule has 8 heteroatoms. The number of fused-ring (bicyclic) bond motifs is 3. The number of halogens is 1. The zero-order valence-corrected chi connectivity index (χ0v) is 18.8. The number of carbonyl (C=O) groups is 1. The van der Waals surface area contributed by atoms with Gasteiger partial charge in [-0.3, -0.25) is 9.36 Å². The highest BCUT2D eigenvalue weighted by atomic mass is 35.5. The van der Waals surface area contributed by atoms with E-state index < -0.39 is 0 Å². The molecule has 0 radical (unpaired) electrons. The second-order valence-corrected chi connectivity index (χ2v) is 9.08. The first kappa shape index (κ1) is 20.9. The summed E-state index contributed by atoms with van der Waals surface area (Å²) in [4.78, 5) is 16.0. The molecule has 7 nitrogen and oxygen atoms in total. The summed E-state index contributed by atoms with van der Waals surface area (Å²) in [6.07, 6.45) is 7.13. The van der Waals surface area contributed by atoms with Crippen molar-refractivity contribution in [2.75, 3.05) is 0 Å². The highest BCUT2D eigenvalue weighted by molar-refractivity contribution is 6.30. The van der Waals surface area contributed by atoms with Crippen molar-refractivity contribution in [1.29, 1.82) is 0 Å². The van der Waals surface area contributed by atoms with Gasteiger partial charge in [0, 0.05) is 42.6 Å². The van der Waals surface area contributed by atoms with Gasteiger partial charge in [-0.25, -0.2) is 4.98 Å². The Balaban J connectivity index is 1.39. The molecule has 1 fully saturated rings. The summed E-state index contributed by atoms with van der Waals surface area (Å²) >= 11 is 6.31. The molecule has 1 saturated carbocycles. The summed E-state index contributed by atoms with van der Waals surface area (Å²) < 4.78 is 8.26. The monoisotopic (exact) mass is 451 g/mol. The molecule has 2 aromatic heterocycles. The van der Waals surface area contributed by atoms with Crippen molar-refractivity contribution in [3.63, 3.8) is 0 Å². The SMILES string of the molecule is CC(=O)NC1Cc2cc(Cl)ccc2-n2c(nnc2C2CCC(Oc3ccccn3)CC2)C1. The fraction of sp³-hybridized carbons (Fsp3) is 0.417. The minimum Gasteiger partial charge on any atom is -0.474 e. The van der Waals surface area contributed by atoms with Gasteiger partial charge in [-0.05, 0) is 61.9 Å². The van der Waals surface area contributed by atoms with Crippen LogP contribution in [-0.4, -0.2) is 37.8 Å². The number of hydrogen-bond acceptors (Lipinski definition) is 5. The lowest BCUT2D eigenvalue weighted by atomic mass is 9.86. The number of hydrogen-bond donors (Lipinski definition) is 1. The number of rotatable bonds is 4. The molecular formula is C24H26ClN5O2. The highest BCUT2D eigenvalue weighted by Crippen LogP contribution is 2.37. The molecule has 32 heavy (non-hydrogen) atoms. The van der Waals surface area contributed by atoms with Crippen LogP contribution in [0, 0.1) is 0 Å². The number of pyridine rings is 1. The minimum atomic E-state index is -0.0435. The molecule has 5 rings (SSSR count). The molecule has 0 saturated heterocycles. The normalized spacial score (nSPS) is 22.4. The van der Waals surface area contributed by atoms with Crippen molar-refractivity contribution in [3.05, 3.63) is 64.8 Å². The lowest BCUT2D eigenvalue weighted by molar-refractivity contribution is -0.119. The topological polar surface area (TPSA) is 81.9 Å². The first-order valence-corrected chi connectivity index (χ1v) is 11.5. The molecule has 3 heterocycles. The van der Waals surface area contributed by atoms with E-state index in [4.69, 9.17) is 16.3 Å². The standard InChI is InChI=1S/C24H26ClN5O2/c1-15(31)27-19-13-17-12-18(25)7-10-21(17)30-22(14-19)28-29-24(30)16-5-8-20(9-6-16)32-23-4-2-3-11-26-23/h2-4,7,10-12,16,19-20H,5-6,8-9,13-14H2,1H3,(H,27,31). The Bertz CT molecular complexity index is 1110. The molecule has 1 N–H and O–H groups in total. The van der Waals surface area contributed by atoms with E-state index >= 15 is 0 Å². The van der Waals surface area contributed by atoms with Crippen LogP contribution in [-0.2, 0) is 17.6 Å². The Morgan fingerprint density at radius 2 is 1.97 bits per heavy atom. The zero-order valence-electron chi connectivity index (χ0n) is 18.0.